The van der Waals surface area contributed by atoms with Crippen molar-refractivity contribution in [2.24, 2.45) is 0 Å². The highest BCUT2D eigenvalue weighted by Gasteiger charge is 2.26. The number of likely N-dealkylation sites (tertiary alicyclic amines) is 1. The van der Waals surface area contributed by atoms with Gasteiger partial charge < -0.3 is 9.88 Å². The second-order valence-corrected chi connectivity index (χ2v) is 10.3. The third-order valence-corrected chi connectivity index (χ3v) is 7.68. The van der Waals surface area contributed by atoms with E-state index in [2.05, 4.69) is 9.97 Å². The Morgan fingerprint density at radius 2 is 1.87 bits per heavy atom. The number of carbonyl (C=O) groups excluding carboxylic acids is 1. The molecule has 3 aromatic rings. The van der Waals surface area contributed by atoms with E-state index < -0.39 is 9.84 Å². The number of piperidine rings is 1. The van der Waals surface area contributed by atoms with Crippen molar-refractivity contribution in [3.8, 4) is 0 Å². The van der Waals surface area contributed by atoms with Crippen molar-refractivity contribution < 1.29 is 13.2 Å². The van der Waals surface area contributed by atoms with E-state index in [-0.39, 0.29) is 23.0 Å². The lowest BCUT2D eigenvalue weighted by Crippen LogP contribution is -2.38. The lowest BCUT2D eigenvalue weighted by atomic mass is 9.94. The predicted octanol–water partition coefficient (Wildman–Crippen LogP) is 4.09. The molecule has 1 aromatic heterocycles. The van der Waals surface area contributed by atoms with E-state index in [1.807, 2.05) is 13.1 Å². The number of H-pyrrole nitrogens is 1. The lowest BCUT2D eigenvalue weighted by molar-refractivity contribution is -0.131. The van der Waals surface area contributed by atoms with Crippen LogP contribution < -0.4 is 0 Å². The summed E-state index contributed by atoms with van der Waals surface area (Å²) >= 11 is 5.99. The van der Waals surface area contributed by atoms with Gasteiger partial charge in [-0.1, -0.05) is 23.7 Å². The quantitative estimate of drug-likeness (QED) is 0.641. The van der Waals surface area contributed by atoms with Crippen molar-refractivity contribution in [2.75, 3.05) is 18.8 Å². The van der Waals surface area contributed by atoms with Crippen LogP contribution in [0, 0.1) is 6.92 Å². The number of hydrogen-bond donors (Lipinski definition) is 1. The number of carbonyl (C=O) groups is 1. The van der Waals surface area contributed by atoms with Gasteiger partial charge in [-0.05, 0) is 54.8 Å². The second-order valence-electron chi connectivity index (χ2n) is 7.80. The molecule has 0 aliphatic carbocycles. The Bertz CT molecular complexity index is 1180. The summed E-state index contributed by atoms with van der Waals surface area (Å²) in [7, 11) is -3.54. The van der Waals surface area contributed by atoms with E-state index in [0.29, 0.717) is 24.0 Å². The largest absolute Gasteiger partial charge is 0.346 e. The molecular formula is C22H24ClN3O3S. The van der Waals surface area contributed by atoms with E-state index in [9.17, 15) is 13.2 Å². The molecule has 1 saturated heterocycles. The first kappa shape index (κ1) is 20.9. The van der Waals surface area contributed by atoms with Gasteiger partial charge in [0.25, 0.3) is 0 Å². The van der Waals surface area contributed by atoms with Crippen LogP contribution in [0.3, 0.4) is 0 Å². The molecule has 0 radical (unpaired) electrons. The standard InChI is InChI=1S/C22H24ClN3O3S/c1-15-24-14-21(25-15)16-6-9-26(10-7-16)22(27)8-11-30(28,29)20-5-3-17-12-19(23)4-2-18(17)13-20/h2-5,12-14,16H,6-11H2,1H3,(H,24,25). The van der Waals surface area contributed by atoms with Gasteiger partial charge >= 0.3 is 0 Å². The molecule has 1 fully saturated rings. The summed E-state index contributed by atoms with van der Waals surface area (Å²) in [6.45, 7) is 3.20. The summed E-state index contributed by atoms with van der Waals surface area (Å²) < 4.78 is 25.5. The minimum Gasteiger partial charge on any atom is -0.346 e. The average molecular weight is 446 g/mol. The normalized spacial score (nSPS) is 15.6. The Labute approximate surface area is 181 Å². The van der Waals surface area contributed by atoms with Crippen molar-refractivity contribution in [3.63, 3.8) is 0 Å². The van der Waals surface area contributed by atoms with Crippen LogP contribution in [0.1, 0.15) is 36.7 Å². The Morgan fingerprint density at radius 1 is 1.17 bits per heavy atom. The number of aromatic amines is 1. The van der Waals surface area contributed by atoms with Gasteiger partial charge in [-0.25, -0.2) is 13.4 Å². The summed E-state index contributed by atoms with van der Waals surface area (Å²) in [5.74, 6) is 0.964. The highest BCUT2D eigenvalue weighted by Crippen LogP contribution is 2.27. The molecule has 0 saturated carbocycles. The molecule has 8 heteroatoms. The monoisotopic (exact) mass is 445 g/mol. The van der Waals surface area contributed by atoms with Gasteiger partial charge in [0.15, 0.2) is 9.84 Å². The Hall–Kier alpha value is -2.38. The fourth-order valence-electron chi connectivity index (χ4n) is 3.97. The number of imidazole rings is 1. The van der Waals surface area contributed by atoms with Crippen LogP contribution >= 0.6 is 11.6 Å². The molecule has 1 amide bonds. The molecule has 6 nitrogen and oxygen atoms in total. The molecule has 1 N–H and O–H groups in total. The fourth-order valence-corrected chi connectivity index (χ4v) is 5.41. The zero-order valence-electron chi connectivity index (χ0n) is 16.8. The number of nitrogens with zero attached hydrogens (tertiary/aromatic N) is 2. The summed E-state index contributed by atoms with van der Waals surface area (Å²) in [5, 5.41) is 2.30. The van der Waals surface area contributed by atoms with Crippen molar-refractivity contribution in [3.05, 3.63) is 59.1 Å². The number of aryl methyl sites for hydroxylation is 1. The van der Waals surface area contributed by atoms with Gasteiger partial charge in [0.1, 0.15) is 5.82 Å². The second kappa shape index (κ2) is 8.40. The van der Waals surface area contributed by atoms with E-state index in [4.69, 9.17) is 11.6 Å². The van der Waals surface area contributed by atoms with Gasteiger partial charge in [-0.2, -0.15) is 0 Å². The van der Waals surface area contributed by atoms with Gasteiger partial charge in [0, 0.05) is 42.3 Å². The molecule has 0 spiro atoms. The number of halogens is 1. The molecule has 0 atom stereocenters. The van der Waals surface area contributed by atoms with Gasteiger partial charge in [0.05, 0.1) is 10.6 Å². The maximum absolute atomic E-state index is 12.8. The smallest absolute Gasteiger partial charge is 0.223 e. The SMILES string of the molecule is Cc1ncc(C2CCN(C(=O)CCS(=O)(=O)c3ccc4cc(Cl)ccc4c3)CC2)[nH]1. The van der Waals surface area contributed by atoms with Crippen LogP contribution in [0.25, 0.3) is 10.8 Å². The number of hydrogen-bond acceptors (Lipinski definition) is 4. The highest BCUT2D eigenvalue weighted by atomic mass is 35.5. The van der Waals surface area contributed by atoms with E-state index in [1.54, 1.807) is 41.3 Å². The third kappa shape index (κ3) is 4.52. The van der Waals surface area contributed by atoms with Crippen LogP contribution in [0.5, 0.6) is 0 Å². The molecule has 1 aliphatic heterocycles. The number of aromatic nitrogens is 2. The molecule has 2 heterocycles. The lowest BCUT2D eigenvalue weighted by Gasteiger charge is -2.31. The molecule has 158 valence electrons. The van der Waals surface area contributed by atoms with Crippen LogP contribution in [0.15, 0.2) is 47.5 Å². The summed E-state index contributed by atoms with van der Waals surface area (Å²) in [4.78, 5) is 22.1. The molecule has 0 bridgehead atoms. The Kier molecular flexibility index (Phi) is 5.84. The maximum atomic E-state index is 12.8. The van der Waals surface area contributed by atoms with E-state index >= 15 is 0 Å². The van der Waals surface area contributed by atoms with Crippen molar-refractivity contribution in [1.29, 1.82) is 0 Å². The number of amides is 1. The first-order valence-corrected chi connectivity index (χ1v) is 12.1. The fraction of sp³-hybridized carbons (Fsp3) is 0.364. The number of sulfone groups is 1. The van der Waals surface area contributed by atoms with Gasteiger partial charge in [-0.15, -0.1) is 0 Å². The first-order chi connectivity index (χ1) is 14.3. The topological polar surface area (TPSA) is 83.1 Å². The van der Waals surface area contributed by atoms with Gasteiger partial charge in [0.2, 0.25) is 5.91 Å². The van der Waals surface area contributed by atoms with Crippen LogP contribution in [-0.2, 0) is 14.6 Å². The predicted molar refractivity (Wildman–Crippen MR) is 118 cm³/mol. The van der Waals surface area contributed by atoms with Crippen LogP contribution in [0.4, 0.5) is 0 Å². The van der Waals surface area contributed by atoms with Crippen LogP contribution in [0.2, 0.25) is 5.02 Å². The summed E-state index contributed by atoms with van der Waals surface area (Å²) in [6.07, 6.45) is 3.57. The minimum absolute atomic E-state index is 0.00514. The highest BCUT2D eigenvalue weighted by molar-refractivity contribution is 7.91. The van der Waals surface area contributed by atoms with Crippen LogP contribution in [-0.4, -0.2) is 48.0 Å². The molecule has 0 unspecified atom stereocenters. The molecule has 30 heavy (non-hydrogen) atoms. The summed E-state index contributed by atoms with van der Waals surface area (Å²) in [5.41, 5.74) is 1.11. The number of benzene rings is 2. The van der Waals surface area contributed by atoms with Gasteiger partial charge in [-0.3, -0.25) is 4.79 Å². The third-order valence-electron chi connectivity index (χ3n) is 5.73. The Balaban J connectivity index is 1.35. The van der Waals surface area contributed by atoms with E-state index in [0.717, 1.165) is 35.1 Å². The molecule has 1 aliphatic rings. The zero-order chi connectivity index (χ0) is 21.3. The minimum atomic E-state index is -3.54. The van der Waals surface area contributed by atoms with Crippen molar-refractivity contribution in [2.45, 2.75) is 37.0 Å². The number of rotatable bonds is 5. The molecular weight excluding hydrogens is 422 g/mol. The van der Waals surface area contributed by atoms with Crippen molar-refractivity contribution >= 4 is 38.1 Å². The first-order valence-electron chi connectivity index (χ1n) is 10.0. The number of nitrogens with one attached hydrogen (secondary N) is 1. The zero-order valence-corrected chi connectivity index (χ0v) is 18.3. The van der Waals surface area contributed by atoms with Crippen molar-refractivity contribution in [1.82, 2.24) is 14.9 Å². The average Bonchev–Trinajstić information content (AvgIpc) is 3.18. The summed E-state index contributed by atoms with van der Waals surface area (Å²) in [6, 6.07) is 10.3. The molecule has 2 aromatic carbocycles. The Morgan fingerprint density at radius 3 is 2.57 bits per heavy atom. The molecule has 4 rings (SSSR count). The maximum Gasteiger partial charge on any atom is 0.223 e. The number of fused-ring (bicyclic) bond motifs is 1. The van der Waals surface area contributed by atoms with E-state index in [1.165, 1.54) is 0 Å².